The summed E-state index contributed by atoms with van der Waals surface area (Å²) in [5.41, 5.74) is 1.65. The summed E-state index contributed by atoms with van der Waals surface area (Å²) >= 11 is 0. The molecule has 6 heteroatoms. The first-order chi connectivity index (χ1) is 11.0. The third-order valence-corrected chi connectivity index (χ3v) is 3.07. The molecule has 0 aliphatic rings. The van der Waals surface area contributed by atoms with Gasteiger partial charge in [-0.25, -0.2) is 0 Å². The van der Waals surface area contributed by atoms with Gasteiger partial charge in [-0.2, -0.15) is 8.78 Å². The molecule has 0 atom stereocenters. The van der Waals surface area contributed by atoms with Gasteiger partial charge in [0.25, 0.3) is 0 Å². The van der Waals surface area contributed by atoms with Gasteiger partial charge in [0.15, 0.2) is 0 Å². The molecule has 4 nitrogen and oxygen atoms in total. The molecule has 122 valence electrons. The van der Waals surface area contributed by atoms with Crippen molar-refractivity contribution in [2.75, 3.05) is 18.9 Å². The Kier molecular flexibility index (Phi) is 6.05. The SMILES string of the molecule is CN(CC(=O)Nc1ccc(OC(F)F)cc1)Cc1ccccc1. The Morgan fingerprint density at radius 1 is 1.13 bits per heavy atom. The first-order valence-corrected chi connectivity index (χ1v) is 7.10. The van der Waals surface area contributed by atoms with Crippen LogP contribution >= 0.6 is 0 Å². The molecule has 1 amide bonds. The number of carbonyl (C=O) groups is 1. The van der Waals surface area contributed by atoms with E-state index in [2.05, 4.69) is 10.1 Å². The van der Waals surface area contributed by atoms with Crippen molar-refractivity contribution in [3.05, 3.63) is 60.2 Å². The number of amides is 1. The molecular weight excluding hydrogens is 302 g/mol. The van der Waals surface area contributed by atoms with Crippen molar-refractivity contribution < 1.29 is 18.3 Å². The Labute approximate surface area is 133 Å². The summed E-state index contributed by atoms with van der Waals surface area (Å²) in [4.78, 5) is 13.9. The first kappa shape index (κ1) is 16.9. The third-order valence-electron chi connectivity index (χ3n) is 3.07. The highest BCUT2D eigenvalue weighted by Crippen LogP contribution is 2.17. The Bertz CT molecular complexity index is 618. The van der Waals surface area contributed by atoms with Crippen LogP contribution in [0.25, 0.3) is 0 Å². The standard InChI is InChI=1S/C17H18F2N2O2/c1-21(11-13-5-3-2-4-6-13)12-16(22)20-14-7-9-15(10-8-14)23-17(18)19/h2-10,17H,11-12H2,1H3,(H,20,22). The zero-order chi connectivity index (χ0) is 16.7. The lowest BCUT2D eigenvalue weighted by molar-refractivity contribution is -0.117. The van der Waals surface area contributed by atoms with E-state index in [1.165, 1.54) is 24.3 Å². The summed E-state index contributed by atoms with van der Waals surface area (Å²) in [6.45, 7) is -1.97. The van der Waals surface area contributed by atoms with Crippen molar-refractivity contribution in [1.82, 2.24) is 4.90 Å². The lowest BCUT2D eigenvalue weighted by Crippen LogP contribution is -2.29. The van der Waals surface area contributed by atoms with Gasteiger partial charge in [-0.15, -0.1) is 0 Å². The van der Waals surface area contributed by atoms with Gasteiger partial charge in [0.1, 0.15) is 5.75 Å². The fraction of sp³-hybridized carbons (Fsp3) is 0.235. The lowest BCUT2D eigenvalue weighted by atomic mass is 10.2. The molecule has 0 saturated carbocycles. The molecule has 0 aliphatic heterocycles. The number of likely N-dealkylation sites (N-methyl/N-ethyl adjacent to an activating group) is 1. The second kappa shape index (κ2) is 8.24. The van der Waals surface area contributed by atoms with Crippen molar-refractivity contribution in [2.45, 2.75) is 13.2 Å². The summed E-state index contributed by atoms with van der Waals surface area (Å²) < 4.78 is 28.4. The Morgan fingerprint density at radius 2 is 1.78 bits per heavy atom. The number of anilines is 1. The van der Waals surface area contributed by atoms with Gasteiger partial charge in [0.05, 0.1) is 6.54 Å². The van der Waals surface area contributed by atoms with E-state index in [1.807, 2.05) is 42.3 Å². The maximum absolute atomic E-state index is 12.1. The van der Waals surface area contributed by atoms with Crippen LogP contribution < -0.4 is 10.1 Å². The minimum absolute atomic E-state index is 0.0548. The van der Waals surface area contributed by atoms with Crippen LogP contribution in [-0.2, 0) is 11.3 Å². The van der Waals surface area contributed by atoms with E-state index in [1.54, 1.807) is 0 Å². The topological polar surface area (TPSA) is 41.6 Å². The molecule has 0 saturated heterocycles. The quantitative estimate of drug-likeness (QED) is 0.850. The molecule has 0 aromatic heterocycles. The van der Waals surface area contributed by atoms with Crippen molar-refractivity contribution in [1.29, 1.82) is 0 Å². The molecule has 2 aromatic rings. The van der Waals surface area contributed by atoms with Gasteiger partial charge in [-0.3, -0.25) is 9.69 Å². The highest BCUT2D eigenvalue weighted by Gasteiger charge is 2.08. The Hall–Kier alpha value is -2.47. The minimum atomic E-state index is -2.86. The van der Waals surface area contributed by atoms with Crippen molar-refractivity contribution in [3.8, 4) is 5.75 Å². The zero-order valence-corrected chi connectivity index (χ0v) is 12.7. The molecule has 0 heterocycles. The van der Waals surface area contributed by atoms with Crippen LogP contribution in [0.2, 0.25) is 0 Å². The van der Waals surface area contributed by atoms with Gasteiger partial charge in [0.2, 0.25) is 5.91 Å². The Morgan fingerprint density at radius 3 is 2.39 bits per heavy atom. The first-order valence-electron chi connectivity index (χ1n) is 7.10. The van der Waals surface area contributed by atoms with Crippen molar-refractivity contribution >= 4 is 11.6 Å². The van der Waals surface area contributed by atoms with Gasteiger partial charge in [-0.05, 0) is 36.9 Å². The number of rotatable bonds is 7. The number of benzene rings is 2. The summed E-state index contributed by atoms with van der Waals surface area (Å²) in [5, 5.41) is 2.72. The number of carbonyl (C=O) groups excluding carboxylic acids is 1. The maximum atomic E-state index is 12.1. The molecule has 2 aromatic carbocycles. The van der Waals surface area contributed by atoms with Crippen LogP contribution in [-0.4, -0.2) is 31.0 Å². The van der Waals surface area contributed by atoms with E-state index in [-0.39, 0.29) is 18.2 Å². The van der Waals surface area contributed by atoms with Crippen LogP contribution in [0.1, 0.15) is 5.56 Å². The van der Waals surface area contributed by atoms with Crippen LogP contribution in [0, 0.1) is 0 Å². The van der Waals surface area contributed by atoms with Crippen LogP contribution in [0.4, 0.5) is 14.5 Å². The molecular formula is C17H18F2N2O2. The fourth-order valence-electron chi connectivity index (χ4n) is 2.12. The molecule has 0 bridgehead atoms. The van der Waals surface area contributed by atoms with Gasteiger partial charge < -0.3 is 10.1 Å². The van der Waals surface area contributed by atoms with E-state index in [9.17, 15) is 13.6 Å². The molecule has 0 fully saturated rings. The highest BCUT2D eigenvalue weighted by atomic mass is 19.3. The second-order valence-electron chi connectivity index (χ2n) is 5.11. The van der Waals surface area contributed by atoms with Gasteiger partial charge in [0, 0.05) is 12.2 Å². The van der Waals surface area contributed by atoms with E-state index >= 15 is 0 Å². The highest BCUT2D eigenvalue weighted by molar-refractivity contribution is 5.92. The molecule has 0 aliphatic carbocycles. The lowest BCUT2D eigenvalue weighted by Gasteiger charge is -2.16. The number of hydrogen-bond acceptors (Lipinski definition) is 3. The normalized spacial score (nSPS) is 10.8. The van der Waals surface area contributed by atoms with Crippen molar-refractivity contribution in [2.24, 2.45) is 0 Å². The second-order valence-corrected chi connectivity index (χ2v) is 5.11. The summed E-state index contributed by atoms with van der Waals surface area (Å²) in [6, 6.07) is 15.6. The smallest absolute Gasteiger partial charge is 0.387 e. The number of nitrogens with one attached hydrogen (secondary N) is 1. The predicted molar refractivity (Wildman–Crippen MR) is 84.5 cm³/mol. The summed E-state index contributed by atoms with van der Waals surface area (Å²) in [7, 11) is 1.85. The van der Waals surface area contributed by atoms with Crippen LogP contribution in [0.3, 0.4) is 0 Å². The molecule has 0 radical (unpaired) electrons. The molecule has 2 rings (SSSR count). The third kappa shape index (κ3) is 6.04. The molecule has 23 heavy (non-hydrogen) atoms. The van der Waals surface area contributed by atoms with E-state index in [4.69, 9.17) is 0 Å². The average molecular weight is 320 g/mol. The summed E-state index contributed by atoms with van der Waals surface area (Å²) in [5.74, 6) is -0.120. The zero-order valence-electron chi connectivity index (χ0n) is 12.7. The van der Waals surface area contributed by atoms with Crippen LogP contribution in [0.5, 0.6) is 5.75 Å². The maximum Gasteiger partial charge on any atom is 0.387 e. The summed E-state index contributed by atoms with van der Waals surface area (Å²) in [6.07, 6.45) is 0. The van der Waals surface area contributed by atoms with Gasteiger partial charge >= 0.3 is 6.61 Å². The molecule has 1 N–H and O–H groups in total. The van der Waals surface area contributed by atoms with E-state index in [0.717, 1.165) is 5.56 Å². The number of ether oxygens (including phenoxy) is 1. The molecule has 0 unspecified atom stereocenters. The largest absolute Gasteiger partial charge is 0.435 e. The van der Waals surface area contributed by atoms with Crippen molar-refractivity contribution in [3.63, 3.8) is 0 Å². The average Bonchev–Trinajstić information content (AvgIpc) is 2.49. The Balaban J connectivity index is 1.82. The van der Waals surface area contributed by atoms with Crippen LogP contribution in [0.15, 0.2) is 54.6 Å². The van der Waals surface area contributed by atoms with Gasteiger partial charge in [-0.1, -0.05) is 30.3 Å². The van der Waals surface area contributed by atoms with E-state index in [0.29, 0.717) is 12.2 Å². The minimum Gasteiger partial charge on any atom is -0.435 e. The van der Waals surface area contributed by atoms with E-state index < -0.39 is 6.61 Å². The number of halogens is 2. The number of hydrogen-bond donors (Lipinski definition) is 1. The monoisotopic (exact) mass is 320 g/mol. The molecule has 0 spiro atoms. The number of alkyl halides is 2. The predicted octanol–water partition coefficient (Wildman–Crippen LogP) is 3.36. The number of nitrogens with zero attached hydrogens (tertiary/aromatic N) is 1. The fourth-order valence-corrected chi connectivity index (χ4v) is 2.12.